The third kappa shape index (κ3) is 7.41. The van der Waals surface area contributed by atoms with Crippen LogP contribution in [0.4, 0.5) is 0 Å². The van der Waals surface area contributed by atoms with Gasteiger partial charge in [-0.3, -0.25) is 4.57 Å². The molecule has 242 valence electrons. The fourth-order valence-corrected chi connectivity index (χ4v) is 7.22. The number of imidazole rings is 1. The van der Waals surface area contributed by atoms with E-state index in [0.29, 0.717) is 42.5 Å². The van der Waals surface area contributed by atoms with Crippen molar-refractivity contribution < 1.29 is 18.3 Å². The van der Waals surface area contributed by atoms with E-state index in [1.807, 2.05) is 65.2 Å². The van der Waals surface area contributed by atoms with Gasteiger partial charge in [0.05, 0.1) is 19.0 Å². The molecule has 1 aliphatic heterocycles. The highest BCUT2D eigenvalue weighted by molar-refractivity contribution is 6.74. The lowest BCUT2D eigenvalue weighted by Crippen LogP contribution is -2.48. The van der Waals surface area contributed by atoms with Crippen molar-refractivity contribution in [2.45, 2.75) is 109 Å². The third-order valence-electron chi connectivity index (χ3n) is 9.80. The van der Waals surface area contributed by atoms with E-state index in [1.54, 1.807) is 6.33 Å². The van der Waals surface area contributed by atoms with Crippen LogP contribution < -0.4 is 4.74 Å². The summed E-state index contributed by atoms with van der Waals surface area (Å²) in [5, 5.41) is 0.169. The minimum absolute atomic E-state index is 0.0699. The molecule has 3 atom stereocenters. The molecule has 1 fully saturated rings. The van der Waals surface area contributed by atoms with Gasteiger partial charge in [-0.05, 0) is 41.8 Å². The van der Waals surface area contributed by atoms with E-state index in [4.69, 9.17) is 33.3 Å². The summed E-state index contributed by atoms with van der Waals surface area (Å²) in [6.07, 6.45) is 1.84. The highest BCUT2D eigenvalue weighted by Gasteiger charge is 2.47. The Morgan fingerprint density at radius 1 is 0.844 bits per heavy atom. The first-order chi connectivity index (χ1) is 21.1. The Morgan fingerprint density at radius 3 is 2.09 bits per heavy atom. The monoisotopic (exact) mass is 646 g/mol. The number of rotatable bonds is 10. The standard InChI is InChI=1S/C35H50N4O4Si2/c1-34(2,3)44(7,8)41-23-28-27(43-45(9,10)35(4,5)6)21-29(42-28)39-24-36-30-32(39)37-31(26-19-15-12-16-20-26)38-33(30)40-22-25-17-13-11-14-18-25/h11-20,24,27-29H,21-23H2,1-10H3/t27-,28+,29+/m0/s1. The second-order valence-corrected chi connectivity index (χ2v) is 24.7. The summed E-state index contributed by atoms with van der Waals surface area (Å²) < 4.78 is 28.9. The lowest BCUT2D eigenvalue weighted by atomic mass is 10.2. The largest absolute Gasteiger partial charge is 0.471 e. The van der Waals surface area contributed by atoms with Crippen molar-refractivity contribution in [1.29, 1.82) is 0 Å². The molecule has 0 N–H and O–H groups in total. The normalized spacial score (nSPS) is 19.7. The van der Waals surface area contributed by atoms with Crippen molar-refractivity contribution in [2.75, 3.05) is 6.61 Å². The molecule has 0 bridgehead atoms. The van der Waals surface area contributed by atoms with Crippen LogP contribution in [0.5, 0.6) is 5.88 Å². The molecule has 1 aliphatic rings. The van der Waals surface area contributed by atoms with Crippen molar-refractivity contribution in [3.63, 3.8) is 0 Å². The molecular formula is C35H50N4O4Si2. The molecule has 45 heavy (non-hydrogen) atoms. The first kappa shape index (κ1) is 33.5. The Bertz CT molecular complexity index is 1580. The van der Waals surface area contributed by atoms with Crippen molar-refractivity contribution >= 4 is 27.8 Å². The highest BCUT2D eigenvalue weighted by atomic mass is 28.4. The molecule has 8 nitrogen and oxygen atoms in total. The average molecular weight is 647 g/mol. The fourth-order valence-electron chi connectivity index (χ4n) is 4.85. The summed E-state index contributed by atoms with van der Waals surface area (Å²) in [4.78, 5) is 14.6. The van der Waals surface area contributed by atoms with Crippen molar-refractivity contribution in [3.8, 4) is 17.3 Å². The van der Waals surface area contributed by atoms with E-state index >= 15 is 0 Å². The minimum atomic E-state index is -2.09. The van der Waals surface area contributed by atoms with Crippen molar-refractivity contribution in [1.82, 2.24) is 19.5 Å². The summed E-state index contributed by atoms with van der Waals surface area (Å²) in [6, 6.07) is 20.0. The zero-order valence-electron chi connectivity index (χ0n) is 28.6. The number of ether oxygens (including phenoxy) is 2. The van der Waals surface area contributed by atoms with Gasteiger partial charge in [-0.1, -0.05) is 102 Å². The number of hydrogen-bond acceptors (Lipinski definition) is 7. The Morgan fingerprint density at radius 2 is 1.47 bits per heavy atom. The quantitative estimate of drug-likeness (QED) is 0.159. The number of fused-ring (bicyclic) bond motifs is 1. The van der Waals surface area contributed by atoms with Crippen LogP contribution in [-0.2, 0) is 20.2 Å². The predicted octanol–water partition coefficient (Wildman–Crippen LogP) is 8.77. The van der Waals surface area contributed by atoms with Crippen LogP contribution in [0.25, 0.3) is 22.6 Å². The van der Waals surface area contributed by atoms with Crippen LogP contribution >= 0.6 is 0 Å². The third-order valence-corrected chi connectivity index (χ3v) is 18.8. The summed E-state index contributed by atoms with van der Waals surface area (Å²) >= 11 is 0. The lowest BCUT2D eigenvalue weighted by molar-refractivity contribution is -0.0383. The number of aromatic nitrogens is 4. The number of nitrogens with zero attached hydrogens (tertiary/aromatic N) is 4. The number of benzene rings is 2. The van der Waals surface area contributed by atoms with E-state index in [0.717, 1.165) is 11.1 Å². The van der Waals surface area contributed by atoms with E-state index in [9.17, 15) is 0 Å². The van der Waals surface area contributed by atoms with Gasteiger partial charge in [0.15, 0.2) is 33.6 Å². The topological polar surface area (TPSA) is 80.5 Å². The second kappa shape index (κ2) is 12.7. The van der Waals surface area contributed by atoms with E-state index in [-0.39, 0.29) is 28.5 Å². The first-order valence-electron chi connectivity index (χ1n) is 16.0. The molecule has 2 aromatic carbocycles. The van der Waals surface area contributed by atoms with E-state index in [2.05, 4.69) is 67.7 Å². The summed E-state index contributed by atoms with van der Waals surface area (Å²) in [5.74, 6) is 1.03. The van der Waals surface area contributed by atoms with Crippen LogP contribution in [0.15, 0.2) is 67.0 Å². The molecule has 1 saturated heterocycles. The predicted molar refractivity (Wildman–Crippen MR) is 185 cm³/mol. The highest BCUT2D eigenvalue weighted by Crippen LogP contribution is 2.43. The molecular weight excluding hydrogens is 597 g/mol. The maximum atomic E-state index is 7.03. The smallest absolute Gasteiger partial charge is 0.246 e. The van der Waals surface area contributed by atoms with Crippen LogP contribution in [0, 0.1) is 0 Å². The van der Waals surface area contributed by atoms with Crippen molar-refractivity contribution in [2.24, 2.45) is 0 Å². The Labute approximate surface area is 270 Å². The summed E-state index contributed by atoms with van der Waals surface area (Å²) in [7, 11) is -4.09. The maximum Gasteiger partial charge on any atom is 0.246 e. The molecule has 0 aliphatic carbocycles. The summed E-state index contributed by atoms with van der Waals surface area (Å²) in [6.45, 7) is 23.7. The van der Waals surface area contributed by atoms with E-state index in [1.165, 1.54) is 0 Å². The summed E-state index contributed by atoms with van der Waals surface area (Å²) in [5.41, 5.74) is 3.24. The SMILES string of the molecule is CC(C)(C)[Si](C)(C)OC[C@H]1O[C@@H](n2cnc3c(OCc4ccccc4)nc(-c4ccccc4)nc32)C[C@@H]1O[Si](C)(C)C(C)(C)C. The second-order valence-electron chi connectivity index (χ2n) is 15.2. The Balaban J connectivity index is 1.50. The number of hydrogen-bond donors (Lipinski definition) is 0. The zero-order valence-corrected chi connectivity index (χ0v) is 30.6. The molecule has 0 unspecified atom stereocenters. The zero-order chi connectivity index (χ0) is 32.6. The van der Waals surface area contributed by atoms with Gasteiger partial charge in [-0.25, -0.2) is 9.97 Å². The van der Waals surface area contributed by atoms with Gasteiger partial charge < -0.3 is 18.3 Å². The lowest BCUT2D eigenvalue weighted by Gasteiger charge is -2.40. The van der Waals surface area contributed by atoms with Crippen LogP contribution in [0.2, 0.25) is 36.3 Å². The van der Waals surface area contributed by atoms with Gasteiger partial charge >= 0.3 is 0 Å². The van der Waals surface area contributed by atoms with Gasteiger partial charge in [0, 0.05) is 12.0 Å². The minimum Gasteiger partial charge on any atom is -0.471 e. The van der Waals surface area contributed by atoms with Gasteiger partial charge in [0.25, 0.3) is 0 Å². The molecule has 0 saturated carbocycles. The van der Waals surface area contributed by atoms with Crippen LogP contribution in [0.3, 0.4) is 0 Å². The Hall–Kier alpha value is -2.90. The molecule has 0 radical (unpaired) electrons. The average Bonchev–Trinajstić information content (AvgIpc) is 3.58. The van der Waals surface area contributed by atoms with Gasteiger partial charge in [0.2, 0.25) is 5.88 Å². The fraction of sp³-hybridized carbons (Fsp3) is 0.514. The maximum absolute atomic E-state index is 7.03. The van der Waals surface area contributed by atoms with Crippen LogP contribution in [0.1, 0.15) is 59.8 Å². The van der Waals surface area contributed by atoms with Crippen molar-refractivity contribution in [3.05, 3.63) is 72.6 Å². The van der Waals surface area contributed by atoms with Gasteiger partial charge in [-0.15, -0.1) is 0 Å². The first-order valence-corrected chi connectivity index (χ1v) is 21.8. The van der Waals surface area contributed by atoms with E-state index < -0.39 is 16.6 Å². The molecule has 0 spiro atoms. The molecule has 4 aromatic rings. The molecule has 5 rings (SSSR count). The van der Waals surface area contributed by atoms with Gasteiger partial charge in [0.1, 0.15) is 18.9 Å². The molecule has 3 heterocycles. The molecule has 0 amide bonds. The molecule has 10 heteroatoms. The Kier molecular flexibility index (Phi) is 9.46. The van der Waals surface area contributed by atoms with Crippen LogP contribution in [-0.4, -0.2) is 55.0 Å². The molecule has 2 aromatic heterocycles. The van der Waals surface area contributed by atoms with Gasteiger partial charge in [-0.2, -0.15) is 4.98 Å².